The normalized spacial score (nSPS) is 11.5. The number of esters is 1. The molecule has 1 N–H and O–H groups in total. The third-order valence-electron chi connectivity index (χ3n) is 5.59. The first-order valence-electron chi connectivity index (χ1n) is 12.3. The fourth-order valence-corrected chi connectivity index (χ4v) is 3.90. The number of ether oxygens (including phenoxy) is 4. The third kappa shape index (κ3) is 8.18. The van der Waals surface area contributed by atoms with Gasteiger partial charge in [-0.2, -0.15) is 5.10 Å². The highest BCUT2D eigenvalue weighted by Gasteiger charge is 2.15. The molecular weight excluding hydrogens is 576 g/mol. The summed E-state index contributed by atoms with van der Waals surface area (Å²) in [5.41, 5.74) is 4.56. The summed E-state index contributed by atoms with van der Waals surface area (Å²) in [6.07, 6.45) is 0.661. The Labute approximate surface area is 240 Å². The number of amides is 1. The molecule has 4 aromatic rings. The van der Waals surface area contributed by atoms with Crippen LogP contribution < -0.4 is 24.4 Å². The van der Waals surface area contributed by atoms with Gasteiger partial charge >= 0.3 is 5.97 Å². The van der Waals surface area contributed by atoms with Gasteiger partial charge in [-0.25, -0.2) is 10.2 Å². The van der Waals surface area contributed by atoms with E-state index in [-0.39, 0.29) is 5.75 Å². The molecule has 0 unspecified atom stereocenters. The van der Waals surface area contributed by atoms with Crippen LogP contribution in [0.1, 0.15) is 28.4 Å². The quantitative estimate of drug-likeness (QED) is 0.0954. The van der Waals surface area contributed by atoms with Crippen molar-refractivity contribution in [2.45, 2.75) is 19.6 Å². The Morgan fingerprint density at radius 3 is 2.38 bits per heavy atom. The minimum absolute atomic E-state index is 0.257. The maximum absolute atomic E-state index is 12.5. The molecule has 0 radical (unpaired) electrons. The van der Waals surface area contributed by atoms with Gasteiger partial charge < -0.3 is 18.9 Å². The summed E-state index contributed by atoms with van der Waals surface area (Å²) < 4.78 is 23.1. The van der Waals surface area contributed by atoms with E-state index in [2.05, 4.69) is 26.5 Å². The van der Waals surface area contributed by atoms with Crippen LogP contribution in [0.5, 0.6) is 23.0 Å². The van der Waals surface area contributed by atoms with Crippen molar-refractivity contribution in [3.8, 4) is 23.0 Å². The Balaban J connectivity index is 1.27. The summed E-state index contributed by atoms with van der Waals surface area (Å²) in [6.45, 7) is 2.09. The zero-order valence-corrected chi connectivity index (χ0v) is 23.5. The van der Waals surface area contributed by atoms with Gasteiger partial charge in [0, 0.05) is 4.47 Å². The van der Waals surface area contributed by atoms with E-state index in [1.807, 2.05) is 36.4 Å². The van der Waals surface area contributed by atoms with Gasteiger partial charge in [0.05, 0.1) is 18.9 Å². The highest BCUT2D eigenvalue weighted by atomic mass is 79.9. The molecule has 0 aliphatic heterocycles. The second-order valence-electron chi connectivity index (χ2n) is 8.55. The molecule has 0 bridgehead atoms. The average molecular weight is 603 g/mol. The van der Waals surface area contributed by atoms with E-state index >= 15 is 0 Å². The molecule has 1 amide bonds. The molecule has 4 aromatic carbocycles. The van der Waals surface area contributed by atoms with E-state index in [1.54, 1.807) is 67.6 Å². The van der Waals surface area contributed by atoms with Crippen LogP contribution in [0.4, 0.5) is 0 Å². The molecule has 40 heavy (non-hydrogen) atoms. The van der Waals surface area contributed by atoms with Gasteiger partial charge in [0.1, 0.15) is 18.1 Å². The smallest absolute Gasteiger partial charge is 0.343 e. The Kier molecular flexibility index (Phi) is 9.90. The molecule has 0 spiro atoms. The fraction of sp³-hybridized carbons (Fsp3) is 0.129. The monoisotopic (exact) mass is 602 g/mol. The Bertz CT molecular complexity index is 1480. The Morgan fingerprint density at radius 2 is 1.65 bits per heavy atom. The van der Waals surface area contributed by atoms with Crippen molar-refractivity contribution < 1.29 is 28.5 Å². The molecule has 0 fully saturated rings. The van der Waals surface area contributed by atoms with Crippen molar-refractivity contribution in [2.75, 3.05) is 7.11 Å². The van der Waals surface area contributed by atoms with Crippen LogP contribution in [0.2, 0.25) is 0 Å². The molecule has 1 atom stereocenters. The highest BCUT2D eigenvalue weighted by molar-refractivity contribution is 9.10. The van der Waals surface area contributed by atoms with E-state index in [0.29, 0.717) is 35.0 Å². The average Bonchev–Trinajstić information content (AvgIpc) is 2.97. The minimum Gasteiger partial charge on any atom is -0.493 e. The van der Waals surface area contributed by atoms with Gasteiger partial charge in [-0.1, -0.05) is 52.3 Å². The topological polar surface area (TPSA) is 95.5 Å². The van der Waals surface area contributed by atoms with Crippen LogP contribution in [0.3, 0.4) is 0 Å². The molecule has 0 saturated heterocycles. The number of methoxy groups -OCH3 is 1. The van der Waals surface area contributed by atoms with Gasteiger partial charge in [-0.15, -0.1) is 0 Å². The SMILES string of the molecule is COc1cc(/C=N\NC(=O)[C@@H](C)Oc2ccc(OCc3ccccc3)cc2)ccc1OC(=O)c1cccc(Br)c1. The first-order valence-corrected chi connectivity index (χ1v) is 13.1. The number of carbonyl (C=O) groups is 2. The zero-order valence-electron chi connectivity index (χ0n) is 21.9. The first-order chi connectivity index (χ1) is 19.4. The molecule has 0 aromatic heterocycles. The fourth-order valence-electron chi connectivity index (χ4n) is 3.50. The number of halogens is 1. The molecular formula is C31H27BrN2O6. The number of hydrogen-bond acceptors (Lipinski definition) is 7. The predicted molar refractivity (Wildman–Crippen MR) is 155 cm³/mol. The zero-order chi connectivity index (χ0) is 28.3. The maximum atomic E-state index is 12.5. The number of carbonyl (C=O) groups excluding carboxylic acids is 2. The highest BCUT2D eigenvalue weighted by Crippen LogP contribution is 2.28. The van der Waals surface area contributed by atoms with Gasteiger partial charge in [0.2, 0.25) is 0 Å². The molecule has 0 heterocycles. The number of rotatable bonds is 11. The van der Waals surface area contributed by atoms with E-state index in [4.69, 9.17) is 18.9 Å². The van der Waals surface area contributed by atoms with Gasteiger partial charge in [-0.3, -0.25) is 4.79 Å². The van der Waals surface area contributed by atoms with Crippen LogP contribution in [0.25, 0.3) is 0 Å². The molecule has 0 saturated carbocycles. The summed E-state index contributed by atoms with van der Waals surface area (Å²) in [6, 6.07) is 28.7. The second kappa shape index (κ2) is 14.0. The van der Waals surface area contributed by atoms with Crippen molar-refractivity contribution in [1.82, 2.24) is 5.43 Å². The van der Waals surface area contributed by atoms with Crippen molar-refractivity contribution in [3.05, 3.63) is 118 Å². The summed E-state index contributed by atoms with van der Waals surface area (Å²) in [7, 11) is 1.47. The Hall–Kier alpha value is -4.63. The maximum Gasteiger partial charge on any atom is 0.343 e. The number of benzene rings is 4. The molecule has 9 heteroatoms. The molecule has 0 aliphatic carbocycles. The van der Waals surface area contributed by atoms with Crippen LogP contribution in [0, 0.1) is 0 Å². The van der Waals surface area contributed by atoms with Gasteiger partial charge in [0.15, 0.2) is 17.6 Å². The number of nitrogens with one attached hydrogen (secondary N) is 1. The number of nitrogens with zero attached hydrogens (tertiary/aromatic N) is 1. The standard InChI is InChI=1S/C31H27BrN2O6/c1-21(39-27-14-12-26(13-15-27)38-20-22-7-4-3-5-8-22)30(35)34-33-19-23-11-16-28(29(17-23)37-2)40-31(36)24-9-6-10-25(32)18-24/h3-19,21H,20H2,1-2H3,(H,34,35)/b33-19-/t21-/m1/s1. The molecule has 8 nitrogen and oxygen atoms in total. The lowest BCUT2D eigenvalue weighted by Gasteiger charge is -2.13. The Morgan fingerprint density at radius 1 is 0.900 bits per heavy atom. The van der Waals surface area contributed by atoms with Crippen LogP contribution in [-0.4, -0.2) is 31.3 Å². The van der Waals surface area contributed by atoms with Crippen LogP contribution in [0.15, 0.2) is 107 Å². The first kappa shape index (κ1) is 28.4. The molecule has 0 aliphatic rings. The van der Waals surface area contributed by atoms with Gasteiger partial charge in [0.25, 0.3) is 5.91 Å². The van der Waals surface area contributed by atoms with E-state index in [9.17, 15) is 9.59 Å². The van der Waals surface area contributed by atoms with Gasteiger partial charge in [-0.05, 0) is 78.7 Å². The lowest BCUT2D eigenvalue weighted by Crippen LogP contribution is -2.33. The minimum atomic E-state index is -0.789. The van der Waals surface area contributed by atoms with Crippen molar-refractivity contribution in [2.24, 2.45) is 5.10 Å². The molecule has 4 rings (SSSR count). The summed E-state index contributed by atoms with van der Waals surface area (Å²) >= 11 is 3.34. The molecule has 204 valence electrons. The summed E-state index contributed by atoms with van der Waals surface area (Å²) in [5.74, 6) is 0.876. The predicted octanol–water partition coefficient (Wildman–Crippen LogP) is 6.17. The lowest BCUT2D eigenvalue weighted by molar-refractivity contribution is -0.127. The lowest BCUT2D eigenvalue weighted by atomic mass is 10.2. The summed E-state index contributed by atoms with van der Waals surface area (Å²) in [4.78, 5) is 24.9. The number of hydrogen-bond donors (Lipinski definition) is 1. The van der Waals surface area contributed by atoms with E-state index in [1.165, 1.54) is 13.3 Å². The van der Waals surface area contributed by atoms with Crippen molar-refractivity contribution in [1.29, 1.82) is 0 Å². The van der Waals surface area contributed by atoms with Crippen molar-refractivity contribution >= 4 is 34.0 Å². The van der Waals surface area contributed by atoms with Crippen LogP contribution >= 0.6 is 15.9 Å². The second-order valence-corrected chi connectivity index (χ2v) is 9.47. The van der Waals surface area contributed by atoms with Crippen LogP contribution in [-0.2, 0) is 11.4 Å². The summed E-state index contributed by atoms with van der Waals surface area (Å²) in [5, 5.41) is 4.00. The largest absolute Gasteiger partial charge is 0.493 e. The van der Waals surface area contributed by atoms with Crippen molar-refractivity contribution in [3.63, 3.8) is 0 Å². The number of hydrazone groups is 1. The van der Waals surface area contributed by atoms with E-state index in [0.717, 1.165) is 10.0 Å². The van der Waals surface area contributed by atoms with E-state index < -0.39 is 18.0 Å². The third-order valence-corrected chi connectivity index (χ3v) is 6.09.